The number of carbonyl (C=O) groups is 1. The molecule has 1 unspecified atom stereocenters. The minimum atomic E-state index is -0.146. The van der Waals surface area contributed by atoms with Gasteiger partial charge in [-0.05, 0) is 19.1 Å². The molecule has 108 valence electrons. The first-order valence-corrected chi connectivity index (χ1v) is 6.13. The minimum Gasteiger partial charge on any atom is -0.349 e. The van der Waals surface area contributed by atoms with Gasteiger partial charge in [0.1, 0.15) is 6.33 Å². The predicted molar refractivity (Wildman–Crippen MR) is 78.7 cm³/mol. The van der Waals surface area contributed by atoms with E-state index in [2.05, 4.69) is 15.5 Å². The van der Waals surface area contributed by atoms with E-state index in [1.54, 1.807) is 13.3 Å². The Bertz CT molecular complexity index is 541. The zero-order valence-electron chi connectivity index (χ0n) is 11.2. The maximum absolute atomic E-state index is 11.5. The zero-order chi connectivity index (χ0) is 13.7. The van der Waals surface area contributed by atoms with E-state index in [0.29, 0.717) is 18.8 Å². The van der Waals surface area contributed by atoms with Crippen LogP contribution in [-0.2, 0) is 11.3 Å². The lowest BCUT2D eigenvalue weighted by atomic mass is 10.2. The largest absolute Gasteiger partial charge is 0.349 e. The number of para-hydroxylation sites is 1. The molecule has 0 saturated heterocycles. The number of amides is 1. The lowest BCUT2D eigenvalue weighted by molar-refractivity contribution is -0.121. The molecule has 0 fully saturated rings. The SMILES string of the molecule is CC(N)CC(=O)NCc1nncn1-c1ccccc1.Cl. The van der Waals surface area contributed by atoms with E-state index in [1.165, 1.54) is 0 Å². The molecule has 1 aromatic heterocycles. The third-order valence-electron chi connectivity index (χ3n) is 2.60. The Morgan fingerprint density at radius 1 is 1.40 bits per heavy atom. The van der Waals surface area contributed by atoms with Crippen LogP contribution in [0.15, 0.2) is 36.7 Å². The van der Waals surface area contributed by atoms with Crippen molar-refractivity contribution in [3.8, 4) is 5.69 Å². The minimum absolute atomic E-state index is 0. The summed E-state index contributed by atoms with van der Waals surface area (Å²) < 4.78 is 1.84. The number of nitrogens with two attached hydrogens (primary N) is 1. The normalized spacial score (nSPS) is 11.5. The zero-order valence-corrected chi connectivity index (χ0v) is 12.0. The molecule has 2 rings (SSSR count). The monoisotopic (exact) mass is 295 g/mol. The van der Waals surface area contributed by atoms with Gasteiger partial charge in [0.25, 0.3) is 0 Å². The quantitative estimate of drug-likeness (QED) is 0.863. The van der Waals surface area contributed by atoms with Crippen molar-refractivity contribution in [2.75, 3.05) is 0 Å². The number of halogens is 1. The van der Waals surface area contributed by atoms with Crippen molar-refractivity contribution in [1.29, 1.82) is 0 Å². The molecule has 0 aliphatic carbocycles. The summed E-state index contributed by atoms with van der Waals surface area (Å²) in [7, 11) is 0. The molecular formula is C13H18ClN5O. The molecule has 1 heterocycles. The third-order valence-corrected chi connectivity index (χ3v) is 2.60. The Balaban J connectivity index is 0.00000200. The van der Waals surface area contributed by atoms with E-state index >= 15 is 0 Å². The molecule has 0 aliphatic heterocycles. The number of hydrogen-bond acceptors (Lipinski definition) is 4. The van der Waals surface area contributed by atoms with Crippen LogP contribution in [0.5, 0.6) is 0 Å². The van der Waals surface area contributed by atoms with Gasteiger partial charge in [-0.1, -0.05) is 18.2 Å². The van der Waals surface area contributed by atoms with E-state index in [-0.39, 0.29) is 24.4 Å². The second-order valence-electron chi connectivity index (χ2n) is 4.41. The van der Waals surface area contributed by atoms with Gasteiger partial charge in [-0.15, -0.1) is 22.6 Å². The van der Waals surface area contributed by atoms with Crippen LogP contribution >= 0.6 is 12.4 Å². The molecule has 7 heteroatoms. The molecule has 6 nitrogen and oxygen atoms in total. The van der Waals surface area contributed by atoms with Gasteiger partial charge in [0.15, 0.2) is 5.82 Å². The fourth-order valence-electron chi connectivity index (χ4n) is 1.73. The van der Waals surface area contributed by atoms with Crippen LogP contribution in [0.3, 0.4) is 0 Å². The number of carbonyl (C=O) groups excluding carboxylic acids is 1. The molecule has 2 aromatic rings. The Kier molecular flexibility index (Phi) is 6.14. The first-order valence-electron chi connectivity index (χ1n) is 6.13. The Morgan fingerprint density at radius 3 is 2.75 bits per heavy atom. The number of nitrogens with zero attached hydrogens (tertiary/aromatic N) is 3. The fraction of sp³-hybridized carbons (Fsp3) is 0.308. The Morgan fingerprint density at radius 2 is 2.10 bits per heavy atom. The van der Waals surface area contributed by atoms with Crippen molar-refractivity contribution in [2.45, 2.75) is 25.9 Å². The van der Waals surface area contributed by atoms with Crippen LogP contribution in [0, 0.1) is 0 Å². The van der Waals surface area contributed by atoms with Crippen LogP contribution in [0.2, 0.25) is 0 Å². The molecule has 1 atom stereocenters. The van der Waals surface area contributed by atoms with Gasteiger partial charge in [-0.3, -0.25) is 9.36 Å². The highest BCUT2D eigenvalue weighted by Crippen LogP contribution is 2.08. The van der Waals surface area contributed by atoms with Gasteiger partial charge < -0.3 is 11.1 Å². The molecule has 0 saturated carbocycles. The van der Waals surface area contributed by atoms with Crippen molar-refractivity contribution < 1.29 is 4.79 Å². The van der Waals surface area contributed by atoms with E-state index in [0.717, 1.165) is 5.69 Å². The molecule has 1 amide bonds. The average molecular weight is 296 g/mol. The standard InChI is InChI=1S/C13H17N5O.ClH/c1-10(14)7-13(19)15-8-12-17-16-9-18(12)11-5-3-2-4-6-11;/h2-6,9-10H,7-8,14H2,1H3,(H,15,19);1H. The topological polar surface area (TPSA) is 85.8 Å². The van der Waals surface area contributed by atoms with Gasteiger partial charge in [-0.25, -0.2) is 0 Å². The summed E-state index contributed by atoms with van der Waals surface area (Å²) in [5.74, 6) is 0.599. The van der Waals surface area contributed by atoms with E-state index in [1.807, 2.05) is 34.9 Å². The molecule has 0 spiro atoms. The number of nitrogens with one attached hydrogen (secondary N) is 1. The van der Waals surface area contributed by atoms with Gasteiger partial charge in [0.2, 0.25) is 5.91 Å². The Hall–Kier alpha value is -1.92. The molecule has 20 heavy (non-hydrogen) atoms. The van der Waals surface area contributed by atoms with Gasteiger partial charge in [-0.2, -0.15) is 0 Å². The highest BCUT2D eigenvalue weighted by Gasteiger charge is 2.09. The van der Waals surface area contributed by atoms with Crippen molar-refractivity contribution in [3.63, 3.8) is 0 Å². The van der Waals surface area contributed by atoms with Gasteiger partial charge in [0.05, 0.1) is 6.54 Å². The molecular weight excluding hydrogens is 278 g/mol. The predicted octanol–water partition coefficient (Wildman–Crippen LogP) is 1.04. The first kappa shape index (κ1) is 16.1. The summed E-state index contributed by atoms with van der Waals surface area (Å²) in [6, 6.07) is 9.58. The fourth-order valence-corrected chi connectivity index (χ4v) is 1.73. The summed E-state index contributed by atoms with van der Waals surface area (Å²) in [5, 5.41) is 10.7. The smallest absolute Gasteiger partial charge is 0.221 e. The number of benzene rings is 1. The van der Waals surface area contributed by atoms with Crippen molar-refractivity contribution in [2.24, 2.45) is 5.73 Å². The van der Waals surface area contributed by atoms with Crippen molar-refractivity contribution >= 4 is 18.3 Å². The summed E-state index contributed by atoms with van der Waals surface area (Å²) in [6.45, 7) is 2.13. The number of hydrogen-bond donors (Lipinski definition) is 2. The highest BCUT2D eigenvalue weighted by molar-refractivity contribution is 5.85. The summed E-state index contributed by atoms with van der Waals surface area (Å²) in [4.78, 5) is 11.5. The highest BCUT2D eigenvalue weighted by atomic mass is 35.5. The van der Waals surface area contributed by atoms with Gasteiger partial charge >= 0.3 is 0 Å². The Labute approximate surface area is 123 Å². The molecule has 0 radical (unpaired) electrons. The van der Waals surface area contributed by atoms with E-state index < -0.39 is 0 Å². The number of rotatable bonds is 5. The maximum Gasteiger partial charge on any atom is 0.221 e. The summed E-state index contributed by atoms with van der Waals surface area (Å²) in [6.07, 6.45) is 1.93. The molecule has 1 aromatic carbocycles. The lowest BCUT2D eigenvalue weighted by Gasteiger charge is -2.08. The van der Waals surface area contributed by atoms with Crippen LogP contribution in [0.1, 0.15) is 19.2 Å². The average Bonchev–Trinajstić information content (AvgIpc) is 2.85. The van der Waals surface area contributed by atoms with Crippen LogP contribution in [0.25, 0.3) is 5.69 Å². The van der Waals surface area contributed by atoms with Crippen molar-refractivity contribution in [3.05, 3.63) is 42.5 Å². The second kappa shape index (κ2) is 7.62. The van der Waals surface area contributed by atoms with Crippen LogP contribution in [-0.4, -0.2) is 26.7 Å². The van der Waals surface area contributed by atoms with E-state index in [4.69, 9.17) is 5.73 Å². The maximum atomic E-state index is 11.5. The van der Waals surface area contributed by atoms with Gasteiger partial charge in [0, 0.05) is 18.2 Å². The van der Waals surface area contributed by atoms with Crippen molar-refractivity contribution in [1.82, 2.24) is 20.1 Å². The second-order valence-corrected chi connectivity index (χ2v) is 4.41. The van der Waals surface area contributed by atoms with Crippen LogP contribution in [0.4, 0.5) is 0 Å². The lowest BCUT2D eigenvalue weighted by Crippen LogP contribution is -2.30. The molecule has 0 bridgehead atoms. The summed E-state index contributed by atoms with van der Waals surface area (Å²) >= 11 is 0. The molecule has 0 aliphatic rings. The molecule has 3 N–H and O–H groups in total. The van der Waals surface area contributed by atoms with Crippen LogP contribution < -0.4 is 11.1 Å². The third kappa shape index (κ3) is 4.32. The first-order chi connectivity index (χ1) is 9.16. The summed E-state index contributed by atoms with van der Waals surface area (Å²) in [5.41, 5.74) is 6.53. The number of aromatic nitrogens is 3. The van der Waals surface area contributed by atoms with E-state index in [9.17, 15) is 4.79 Å².